The van der Waals surface area contributed by atoms with Gasteiger partial charge in [-0.1, -0.05) is 0 Å². The average molecular weight is 427 g/mol. The monoisotopic (exact) mass is 427 g/mol. The first kappa shape index (κ1) is 21.0. The molecule has 4 rings (SSSR count). The van der Waals surface area contributed by atoms with Crippen LogP contribution in [0.15, 0.2) is 18.2 Å². The summed E-state index contributed by atoms with van der Waals surface area (Å²) in [6, 6.07) is 4.76. The second-order valence-electron chi connectivity index (χ2n) is 7.97. The molecule has 1 amide bonds. The highest BCUT2D eigenvalue weighted by Gasteiger charge is 2.22. The van der Waals surface area contributed by atoms with Gasteiger partial charge in [-0.05, 0) is 50.3 Å². The first-order chi connectivity index (χ1) is 15.0. The summed E-state index contributed by atoms with van der Waals surface area (Å²) in [7, 11) is 0. The van der Waals surface area contributed by atoms with Crippen molar-refractivity contribution >= 4 is 35.3 Å². The highest BCUT2D eigenvalue weighted by Crippen LogP contribution is 2.29. The normalized spacial score (nSPS) is 17.5. The maximum atomic E-state index is 14.8. The van der Waals surface area contributed by atoms with Crippen LogP contribution in [0.1, 0.15) is 42.6 Å². The van der Waals surface area contributed by atoms with Crippen LogP contribution in [0.2, 0.25) is 0 Å². The van der Waals surface area contributed by atoms with Gasteiger partial charge in [0.25, 0.3) is 5.91 Å². The summed E-state index contributed by atoms with van der Waals surface area (Å²) < 4.78 is 14.8. The predicted molar refractivity (Wildman–Crippen MR) is 115 cm³/mol. The number of nitrogens with one attached hydrogen (secondary N) is 1. The van der Waals surface area contributed by atoms with E-state index in [0.717, 1.165) is 51.5 Å². The van der Waals surface area contributed by atoms with Gasteiger partial charge in [-0.2, -0.15) is 4.98 Å². The minimum absolute atomic E-state index is 0.0480. The van der Waals surface area contributed by atoms with Gasteiger partial charge in [-0.25, -0.2) is 4.39 Å². The SMILES string of the molecule is NC(=O)c1nnc(N2CCCCC2)nc1Nc1ccc(N2CCC(C=O)CC2)c(F)c1. The topological polar surface area (TPSA) is 117 Å². The van der Waals surface area contributed by atoms with Crippen molar-refractivity contribution in [2.24, 2.45) is 11.7 Å². The molecule has 2 aliphatic heterocycles. The zero-order valence-corrected chi connectivity index (χ0v) is 17.3. The fourth-order valence-electron chi connectivity index (χ4n) is 4.05. The number of carbonyl (C=O) groups is 2. The zero-order chi connectivity index (χ0) is 21.8. The Morgan fingerprint density at radius 2 is 1.84 bits per heavy atom. The number of anilines is 4. The lowest BCUT2D eigenvalue weighted by molar-refractivity contribution is -0.111. The molecule has 1 aromatic heterocycles. The Balaban J connectivity index is 1.54. The molecule has 2 aromatic rings. The summed E-state index contributed by atoms with van der Waals surface area (Å²) in [5, 5.41) is 11.0. The van der Waals surface area contributed by atoms with E-state index >= 15 is 0 Å². The van der Waals surface area contributed by atoms with Crippen molar-refractivity contribution in [2.45, 2.75) is 32.1 Å². The quantitative estimate of drug-likeness (QED) is 0.674. The number of aromatic nitrogens is 3. The van der Waals surface area contributed by atoms with Crippen LogP contribution in [-0.4, -0.2) is 53.6 Å². The van der Waals surface area contributed by atoms with Crippen LogP contribution in [-0.2, 0) is 4.79 Å². The van der Waals surface area contributed by atoms with Gasteiger partial charge in [0.2, 0.25) is 5.95 Å². The van der Waals surface area contributed by atoms with E-state index in [2.05, 4.69) is 20.5 Å². The highest BCUT2D eigenvalue weighted by molar-refractivity contribution is 5.96. The van der Waals surface area contributed by atoms with E-state index < -0.39 is 11.7 Å². The molecule has 0 bridgehead atoms. The van der Waals surface area contributed by atoms with Gasteiger partial charge in [-0.15, -0.1) is 10.2 Å². The average Bonchev–Trinajstić information content (AvgIpc) is 2.80. The summed E-state index contributed by atoms with van der Waals surface area (Å²) in [4.78, 5) is 31.1. The summed E-state index contributed by atoms with van der Waals surface area (Å²) >= 11 is 0. The highest BCUT2D eigenvalue weighted by atomic mass is 19.1. The van der Waals surface area contributed by atoms with Gasteiger partial charge >= 0.3 is 0 Å². The van der Waals surface area contributed by atoms with Gasteiger partial charge < -0.3 is 25.6 Å². The number of nitrogens with two attached hydrogens (primary N) is 1. The number of halogens is 1. The van der Waals surface area contributed by atoms with E-state index in [0.29, 0.717) is 30.4 Å². The smallest absolute Gasteiger partial charge is 0.273 e. The van der Waals surface area contributed by atoms with Crippen molar-refractivity contribution in [1.29, 1.82) is 0 Å². The number of carbonyl (C=O) groups excluding carboxylic acids is 2. The van der Waals surface area contributed by atoms with Gasteiger partial charge in [0.05, 0.1) is 5.69 Å². The predicted octanol–water partition coefficient (Wildman–Crippen LogP) is 2.26. The van der Waals surface area contributed by atoms with Crippen LogP contribution in [0.4, 0.5) is 27.5 Å². The number of hydrogen-bond donors (Lipinski definition) is 2. The number of amides is 1. The number of primary amides is 1. The van der Waals surface area contributed by atoms with E-state index in [1.807, 2.05) is 9.80 Å². The Kier molecular flexibility index (Phi) is 6.24. The van der Waals surface area contributed by atoms with Crippen molar-refractivity contribution in [3.05, 3.63) is 29.7 Å². The number of aldehydes is 1. The summed E-state index contributed by atoms with van der Waals surface area (Å²) in [6.07, 6.45) is 5.66. The number of piperidine rings is 2. The van der Waals surface area contributed by atoms with E-state index in [-0.39, 0.29) is 17.4 Å². The molecule has 2 fully saturated rings. The summed E-state index contributed by atoms with van der Waals surface area (Å²) in [5.41, 5.74) is 6.25. The fourth-order valence-corrected chi connectivity index (χ4v) is 4.05. The number of benzene rings is 1. The van der Waals surface area contributed by atoms with E-state index in [1.165, 1.54) is 6.07 Å². The Labute approximate surface area is 179 Å². The minimum atomic E-state index is -0.761. The van der Waals surface area contributed by atoms with Gasteiger partial charge in [0.1, 0.15) is 12.1 Å². The molecule has 0 unspecified atom stereocenters. The molecule has 3 heterocycles. The van der Waals surface area contributed by atoms with Crippen LogP contribution in [0.3, 0.4) is 0 Å². The molecular formula is C21H26FN7O2. The Bertz CT molecular complexity index is 957. The molecule has 9 nitrogen and oxygen atoms in total. The third kappa shape index (κ3) is 4.73. The van der Waals surface area contributed by atoms with Crippen LogP contribution < -0.4 is 20.9 Å². The fraction of sp³-hybridized carbons (Fsp3) is 0.476. The molecule has 0 spiro atoms. The number of nitrogens with zero attached hydrogens (tertiary/aromatic N) is 5. The van der Waals surface area contributed by atoms with Crippen molar-refractivity contribution in [3.63, 3.8) is 0 Å². The first-order valence-electron chi connectivity index (χ1n) is 10.6. The second-order valence-corrected chi connectivity index (χ2v) is 7.97. The van der Waals surface area contributed by atoms with Crippen LogP contribution in [0, 0.1) is 11.7 Å². The van der Waals surface area contributed by atoms with E-state index in [4.69, 9.17) is 5.73 Å². The Morgan fingerprint density at radius 3 is 2.48 bits per heavy atom. The molecule has 164 valence electrons. The minimum Gasteiger partial charge on any atom is -0.369 e. The largest absolute Gasteiger partial charge is 0.369 e. The lowest BCUT2D eigenvalue weighted by atomic mass is 9.98. The van der Waals surface area contributed by atoms with Crippen LogP contribution >= 0.6 is 0 Å². The van der Waals surface area contributed by atoms with Gasteiger partial charge in [0.15, 0.2) is 11.5 Å². The molecule has 0 atom stereocenters. The number of hydrogen-bond acceptors (Lipinski definition) is 8. The standard InChI is InChI=1S/C21H26FN7O2/c22-16-12-15(4-5-17(16)28-10-6-14(13-30)7-11-28)24-20-18(19(23)31)26-27-21(25-20)29-8-2-1-3-9-29/h4-5,12-14H,1-3,6-11H2,(H2,23,31)(H,24,25,27). The lowest BCUT2D eigenvalue weighted by Crippen LogP contribution is -2.34. The molecule has 1 aromatic carbocycles. The maximum Gasteiger partial charge on any atom is 0.273 e. The Morgan fingerprint density at radius 1 is 1.10 bits per heavy atom. The van der Waals surface area contributed by atoms with E-state index in [9.17, 15) is 14.0 Å². The molecule has 2 saturated heterocycles. The third-order valence-electron chi connectivity index (χ3n) is 5.83. The van der Waals surface area contributed by atoms with Crippen LogP contribution in [0.5, 0.6) is 0 Å². The summed E-state index contributed by atoms with van der Waals surface area (Å²) in [5.74, 6) is -0.535. The molecule has 10 heteroatoms. The summed E-state index contributed by atoms with van der Waals surface area (Å²) in [6.45, 7) is 2.91. The number of rotatable bonds is 6. The van der Waals surface area contributed by atoms with Crippen molar-refractivity contribution in [3.8, 4) is 0 Å². The third-order valence-corrected chi connectivity index (χ3v) is 5.83. The lowest BCUT2D eigenvalue weighted by Gasteiger charge is -2.31. The maximum absolute atomic E-state index is 14.8. The van der Waals surface area contributed by atoms with Crippen molar-refractivity contribution < 1.29 is 14.0 Å². The van der Waals surface area contributed by atoms with Crippen LogP contribution in [0.25, 0.3) is 0 Å². The first-order valence-corrected chi connectivity index (χ1v) is 10.6. The second kappa shape index (κ2) is 9.23. The molecule has 0 aliphatic carbocycles. The van der Waals surface area contributed by atoms with Crippen molar-refractivity contribution in [1.82, 2.24) is 15.2 Å². The molecule has 2 aliphatic rings. The van der Waals surface area contributed by atoms with Crippen molar-refractivity contribution in [2.75, 3.05) is 41.3 Å². The van der Waals surface area contributed by atoms with E-state index in [1.54, 1.807) is 12.1 Å². The molecule has 3 N–H and O–H groups in total. The molecular weight excluding hydrogens is 401 g/mol. The zero-order valence-electron chi connectivity index (χ0n) is 17.3. The molecule has 0 saturated carbocycles. The Hall–Kier alpha value is -3.30. The molecule has 31 heavy (non-hydrogen) atoms. The molecule has 0 radical (unpaired) electrons. The van der Waals surface area contributed by atoms with Gasteiger partial charge in [0, 0.05) is 37.8 Å². The van der Waals surface area contributed by atoms with Gasteiger partial charge in [-0.3, -0.25) is 4.79 Å².